The number of aromatic nitrogens is 3. The lowest BCUT2D eigenvalue weighted by molar-refractivity contribution is 0.102. The quantitative estimate of drug-likeness (QED) is 0.803. The van der Waals surface area contributed by atoms with Crippen molar-refractivity contribution in [2.75, 3.05) is 5.32 Å². The lowest BCUT2D eigenvalue weighted by atomic mass is 10.1. The number of hydrogen-bond acceptors (Lipinski definition) is 4. The van der Waals surface area contributed by atoms with Crippen molar-refractivity contribution in [2.45, 2.75) is 27.3 Å². The highest BCUT2D eigenvalue weighted by atomic mass is 16.1. The van der Waals surface area contributed by atoms with Gasteiger partial charge in [0.2, 0.25) is 0 Å². The summed E-state index contributed by atoms with van der Waals surface area (Å²) in [6, 6.07) is 10.6. The Labute approximate surface area is 139 Å². The SMILES string of the molecule is CCn1nc(C)c2c(C(=O)Nc3ccc(C#N)cc3)cc(C)nc21. The second-order valence-corrected chi connectivity index (χ2v) is 5.55. The van der Waals surface area contributed by atoms with Crippen molar-refractivity contribution in [3.05, 3.63) is 52.8 Å². The van der Waals surface area contributed by atoms with E-state index in [0.717, 1.165) is 22.4 Å². The van der Waals surface area contributed by atoms with Crippen molar-refractivity contribution in [3.8, 4) is 6.07 Å². The van der Waals surface area contributed by atoms with Crippen LogP contribution in [0.1, 0.15) is 34.2 Å². The predicted molar refractivity (Wildman–Crippen MR) is 91.8 cm³/mol. The zero-order valence-corrected chi connectivity index (χ0v) is 13.8. The molecule has 1 amide bonds. The molecule has 2 aromatic heterocycles. The molecule has 0 fully saturated rings. The van der Waals surface area contributed by atoms with E-state index in [1.54, 1.807) is 35.0 Å². The molecule has 0 saturated heterocycles. The van der Waals surface area contributed by atoms with Gasteiger partial charge in [-0.1, -0.05) is 0 Å². The van der Waals surface area contributed by atoms with Crippen LogP contribution >= 0.6 is 0 Å². The Bertz CT molecular complexity index is 964. The molecule has 0 unspecified atom stereocenters. The zero-order valence-electron chi connectivity index (χ0n) is 13.8. The standard InChI is InChI=1S/C18H17N5O/c1-4-23-17-16(12(3)22-23)15(9-11(2)20-17)18(24)21-14-7-5-13(10-19)6-8-14/h5-9H,4H2,1-3H3,(H,21,24). The van der Waals surface area contributed by atoms with Crippen LogP contribution in [-0.2, 0) is 6.54 Å². The molecule has 0 aliphatic rings. The van der Waals surface area contributed by atoms with Gasteiger partial charge in [0, 0.05) is 17.9 Å². The fourth-order valence-corrected chi connectivity index (χ4v) is 2.70. The van der Waals surface area contributed by atoms with Crippen LogP contribution in [0, 0.1) is 25.2 Å². The normalized spacial score (nSPS) is 10.6. The zero-order chi connectivity index (χ0) is 17.3. The van der Waals surface area contributed by atoms with Gasteiger partial charge >= 0.3 is 0 Å². The number of nitriles is 1. The van der Waals surface area contributed by atoms with E-state index in [1.807, 2.05) is 20.8 Å². The minimum absolute atomic E-state index is 0.214. The first-order valence-electron chi connectivity index (χ1n) is 7.69. The molecular weight excluding hydrogens is 302 g/mol. The van der Waals surface area contributed by atoms with E-state index in [9.17, 15) is 4.79 Å². The minimum atomic E-state index is -0.214. The summed E-state index contributed by atoms with van der Waals surface area (Å²) in [6.07, 6.45) is 0. The molecule has 1 N–H and O–H groups in total. The van der Waals surface area contributed by atoms with E-state index in [-0.39, 0.29) is 5.91 Å². The Kier molecular flexibility index (Phi) is 4.00. The summed E-state index contributed by atoms with van der Waals surface area (Å²) < 4.78 is 1.80. The van der Waals surface area contributed by atoms with E-state index in [0.29, 0.717) is 23.4 Å². The number of hydrogen-bond donors (Lipinski definition) is 1. The number of nitrogens with zero attached hydrogens (tertiary/aromatic N) is 4. The second kappa shape index (κ2) is 6.13. The van der Waals surface area contributed by atoms with Gasteiger partial charge in [0.15, 0.2) is 5.65 Å². The number of aryl methyl sites for hydroxylation is 3. The molecular formula is C18H17N5O. The molecule has 0 bridgehead atoms. The van der Waals surface area contributed by atoms with Crippen molar-refractivity contribution >= 4 is 22.6 Å². The van der Waals surface area contributed by atoms with E-state index in [2.05, 4.69) is 21.5 Å². The maximum atomic E-state index is 12.7. The fraction of sp³-hybridized carbons (Fsp3) is 0.222. The molecule has 1 aromatic carbocycles. The van der Waals surface area contributed by atoms with Gasteiger partial charge in [-0.2, -0.15) is 10.4 Å². The van der Waals surface area contributed by atoms with Gasteiger partial charge in [0.25, 0.3) is 5.91 Å². The third-order valence-corrected chi connectivity index (χ3v) is 3.82. The van der Waals surface area contributed by atoms with Crippen LogP contribution in [0.5, 0.6) is 0 Å². The van der Waals surface area contributed by atoms with Gasteiger partial charge in [-0.05, 0) is 51.1 Å². The fourth-order valence-electron chi connectivity index (χ4n) is 2.70. The van der Waals surface area contributed by atoms with Crippen molar-refractivity contribution < 1.29 is 4.79 Å². The van der Waals surface area contributed by atoms with Crippen LogP contribution < -0.4 is 5.32 Å². The highest BCUT2D eigenvalue weighted by Crippen LogP contribution is 2.23. The number of carbonyl (C=O) groups is 1. The maximum Gasteiger partial charge on any atom is 0.256 e. The summed E-state index contributed by atoms with van der Waals surface area (Å²) in [5, 5.41) is 16.9. The average Bonchev–Trinajstić information content (AvgIpc) is 2.90. The molecule has 0 aliphatic heterocycles. The van der Waals surface area contributed by atoms with E-state index in [1.165, 1.54) is 0 Å². The van der Waals surface area contributed by atoms with Crippen molar-refractivity contribution in [3.63, 3.8) is 0 Å². The predicted octanol–water partition coefficient (Wildman–Crippen LogP) is 3.19. The smallest absolute Gasteiger partial charge is 0.256 e. The molecule has 0 spiro atoms. The Morgan fingerprint density at radius 1 is 1.29 bits per heavy atom. The number of benzene rings is 1. The Morgan fingerprint density at radius 3 is 2.62 bits per heavy atom. The second-order valence-electron chi connectivity index (χ2n) is 5.55. The largest absolute Gasteiger partial charge is 0.322 e. The van der Waals surface area contributed by atoms with Gasteiger partial charge in [0.05, 0.1) is 28.3 Å². The first-order valence-corrected chi connectivity index (χ1v) is 7.69. The van der Waals surface area contributed by atoms with Gasteiger partial charge in [-0.15, -0.1) is 0 Å². The molecule has 3 aromatic rings. The first-order chi connectivity index (χ1) is 11.5. The van der Waals surface area contributed by atoms with E-state index in [4.69, 9.17) is 5.26 Å². The summed E-state index contributed by atoms with van der Waals surface area (Å²) in [7, 11) is 0. The summed E-state index contributed by atoms with van der Waals surface area (Å²) in [6.45, 7) is 6.42. The number of carbonyl (C=O) groups excluding carboxylic acids is 1. The molecule has 3 rings (SSSR count). The highest BCUT2D eigenvalue weighted by molar-refractivity contribution is 6.12. The number of fused-ring (bicyclic) bond motifs is 1. The summed E-state index contributed by atoms with van der Waals surface area (Å²) in [4.78, 5) is 17.3. The van der Waals surface area contributed by atoms with Gasteiger partial charge in [-0.3, -0.25) is 4.79 Å². The molecule has 120 valence electrons. The van der Waals surface area contributed by atoms with Crippen LogP contribution in [-0.4, -0.2) is 20.7 Å². The number of pyridine rings is 1. The Hall–Kier alpha value is -3.20. The van der Waals surface area contributed by atoms with Crippen molar-refractivity contribution in [1.82, 2.24) is 14.8 Å². The first kappa shape index (κ1) is 15.7. The van der Waals surface area contributed by atoms with Crippen molar-refractivity contribution in [1.29, 1.82) is 5.26 Å². The van der Waals surface area contributed by atoms with E-state index < -0.39 is 0 Å². The molecule has 2 heterocycles. The van der Waals surface area contributed by atoms with Gasteiger partial charge < -0.3 is 5.32 Å². The third-order valence-electron chi connectivity index (χ3n) is 3.82. The van der Waals surface area contributed by atoms with E-state index >= 15 is 0 Å². The Balaban J connectivity index is 2.03. The third kappa shape index (κ3) is 2.72. The minimum Gasteiger partial charge on any atom is -0.322 e. The molecule has 24 heavy (non-hydrogen) atoms. The summed E-state index contributed by atoms with van der Waals surface area (Å²) in [5.41, 5.74) is 4.02. The Morgan fingerprint density at radius 2 is 2.00 bits per heavy atom. The molecule has 0 saturated carbocycles. The number of anilines is 1. The monoisotopic (exact) mass is 319 g/mol. The lowest BCUT2D eigenvalue weighted by Crippen LogP contribution is -2.13. The molecule has 0 radical (unpaired) electrons. The topological polar surface area (TPSA) is 83.6 Å². The summed E-state index contributed by atoms with van der Waals surface area (Å²) in [5.74, 6) is -0.214. The van der Waals surface area contributed by atoms with Crippen LogP contribution in [0.25, 0.3) is 11.0 Å². The van der Waals surface area contributed by atoms with Crippen molar-refractivity contribution in [2.24, 2.45) is 0 Å². The molecule has 6 nitrogen and oxygen atoms in total. The van der Waals surface area contributed by atoms with Crippen LogP contribution in [0.3, 0.4) is 0 Å². The van der Waals surface area contributed by atoms with Gasteiger partial charge in [-0.25, -0.2) is 9.67 Å². The maximum absolute atomic E-state index is 12.7. The number of rotatable bonds is 3. The van der Waals surface area contributed by atoms with Gasteiger partial charge in [0.1, 0.15) is 0 Å². The highest BCUT2D eigenvalue weighted by Gasteiger charge is 2.18. The summed E-state index contributed by atoms with van der Waals surface area (Å²) >= 11 is 0. The van der Waals surface area contributed by atoms with Crippen LogP contribution in [0.15, 0.2) is 30.3 Å². The number of nitrogens with one attached hydrogen (secondary N) is 1. The molecule has 0 atom stereocenters. The number of amides is 1. The lowest BCUT2D eigenvalue weighted by Gasteiger charge is -2.08. The van der Waals surface area contributed by atoms with Crippen LogP contribution in [0.2, 0.25) is 0 Å². The van der Waals surface area contributed by atoms with Crippen LogP contribution in [0.4, 0.5) is 5.69 Å². The molecule has 0 aliphatic carbocycles. The molecule has 6 heteroatoms. The average molecular weight is 319 g/mol.